The van der Waals surface area contributed by atoms with E-state index in [2.05, 4.69) is 39.3 Å². The molecule has 0 N–H and O–H groups in total. The van der Waals surface area contributed by atoms with Crippen molar-refractivity contribution in [1.29, 1.82) is 0 Å². The molecule has 182 valence electrons. The first-order chi connectivity index (χ1) is 14.9. The summed E-state index contributed by atoms with van der Waals surface area (Å²) in [5, 5.41) is 0. The second kappa shape index (κ2) is 13.1. The average molecular weight is 485 g/mol. The lowest BCUT2D eigenvalue weighted by Gasteiger charge is -2.20. The quantitative estimate of drug-likeness (QED) is 0.115. The molecule has 1 rings (SSSR count). The Morgan fingerprint density at radius 1 is 0.906 bits per heavy atom. The van der Waals surface area contributed by atoms with Crippen LogP contribution in [0.5, 0.6) is 11.5 Å². The van der Waals surface area contributed by atoms with Gasteiger partial charge in [0.2, 0.25) is 0 Å². The van der Waals surface area contributed by atoms with E-state index in [-0.39, 0.29) is 31.3 Å². The third kappa shape index (κ3) is 10.3. The van der Waals surface area contributed by atoms with Crippen LogP contribution < -0.4 is 9.47 Å². The molecule has 0 aliphatic carbocycles. The van der Waals surface area contributed by atoms with Crippen molar-refractivity contribution in [1.82, 2.24) is 0 Å². The maximum Gasteiger partial charge on any atom is 0.341 e. The van der Waals surface area contributed by atoms with Crippen LogP contribution in [-0.4, -0.2) is 62.3 Å². The predicted octanol–water partition coefficient (Wildman–Crippen LogP) is 4.91. The average Bonchev–Trinajstić information content (AvgIpc) is 2.68. The zero-order chi connectivity index (χ0) is 24.4. The van der Waals surface area contributed by atoms with Crippen LogP contribution in [0.4, 0.5) is 0 Å². The van der Waals surface area contributed by atoms with Crippen molar-refractivity contribution in [3.63, 3.8) is 0 Å². The Hall–Kier alpha value is -1.69. The van der Waals surface area contributed by atoms with E-state index < -0.39 is 22.1 Å². The number of hydrogen-bond acceptors (Lipinski definition) is 7. The molecule has 0 radical (unpaired) electrons. The normalized spacial score (nSPS) is 11.9. The van der Waals surface area contributed by atoms with E-state index in [1.165, 1.54) is 7.11 Å². The van der Waals surface area contributed by atoms with Gasteiger partial charge in [-0.15, -0.1) is 0 Å². The Bertz CT molecular complexity index is 752. The third-order valence-corrected chi connectivity index (χ3v) is 8.31. The number of esters is 1. The smallest absolute Gasteiger partial charge is 0.341 e. The summed E-state index contributed by atoms with van der Waals surface area (Å²) in [5.74, 6) is 0.198. The van der Waals surface area contributed by atoms with Gasteiger partial charge in [-0.25, -0.2) is 4.79 Å². The first-order valence-corrected chi connectivity index (χ1v) is 18.4. The minimum atomic E-state index is -1.22. The monoisotopic (exact) mass is 484 g/mol. The van der Waals surface area contributed by atoms with Crippen molar-refractivity contribution in [2.24, 2.45) is 0 Å². The highest BCUT2D eigenvalue weighted by molar-refractivity contribution is 6.76. The Balaban J connectivity index is 3.01. The summed E-state index contributed by atoms with van der Waals surface area (Å²) in [4.78, 5) is 23.8. The SMILES string of the molecule is COC(=O)c1c(OCOCC[Si](C)(C)C)cc(OCOCC[Si](C)(C)C)c(C)c1CC=O. The number of benzene rings is 1. The largest absolute Gasteiger partial charge is 0.467 e. The van der Waals surface area contributed by atoms with Crippen molar-refractivity contribution >= 4 is 28.4 Å². The van der Waals surface area contributed by atoms with Crippen molar-refractivity contribution in [3.05, 3.63) is 22.8 Å². The van der Waals surface area contributed by atoms with E-state index in [1.807, 2.05) is 0 Å². The summed E-state index contributed by atoms with van der Waals surface area (Å²) in [5.41, 5.74) is 1.42. The molecule has 9 heteroatoms. The molecule has 0 amide bonds. The molecule has 0 atom stereocenters. The molecule has 0 fully saturated rings. The molecule has 0 saturated carbocycles. The van der Waals surface area contributed by atoms with Gasteiger partial charge in [-0.3, -0.25) is 0 Å². The van der Waals surface area contributed by atoms with Crippen molar-refractivity contribution in [2.75, 3.05) is 33.9 Å². The van der Waals surface area contributed by atoms with E-state index in [4.69, 9.17) is 23.7 Å². The Kier molecular flexibility index (Phi) is 11.6. The van der Waals surface area contributed by atoms with Crippen LogP contribution in [0, 0.1) is 6.92 Å². The molecule has 7 nitrogen and oxygen atoms in total. The molecule has 0 aliphatic heterocycles. The number of ether oxygens (including phenoxy) is 5. The molecular formula is C23H40O7Si2. The lowest BCUT2D eigenvalue weighted by atomic mass is 9.97. The standard InChI is InChI=1S/C23H40O7Si2/c1-18-19(9-10-24)22(23(25)26-2)21(30-17-28-12-14-32(6,7)8)15-20(18)29-16-27-11-13-31(3,4)5/h10,15H,9,11-14,16-17H2,1-8H3. The van der Waals surface area contributed by atoms with Crippen LogP contribution in [0.3, 0.4) is 0 Å². The molecule has 0 spiro atoms. The van der Waals surface area contributed by atoms with Gasteiger partial charge in [-0.05, 0) is 30.1 Å². The molecule has 0 bridgehead atoms. The number of carbonyl (C=O) groups excluding carboxylic acids is 2. The van der Waals surface area contributed by atoms with Gasteiger partial charge < -0.3 is 28.5 Å². The molecule has 1 aromatic rings. The van der Waals surface area contributed by atoms with E-state index in [9.17, 15) is 9.59 Å². The van der Waals surface area contributed by atoms with Gasteiger partial charge in [0.05, 0.1) is 7.11 Å². The summed E-state index contributed by atoms with van der Waals surface area (Å²) >= 11 is 0. The second-order valence-corrected chi connectivity index (χ2v) is 21.4. The highest BCUT2D eigenvalue weighted by Crippen LogP contribution is 2.34. The maximum atomic E-state index is 12.5. The van der Waals surface area contributed by atoms with Gasteiger partial charge in [0.1, 0.15) is 23.3 Å². The van der Waals surface area contributed by atoms with Crippen LogP contribution >= 0.6 is 0 Å². The number of methoxy groups -OCH3 is 1. The first kappa shape index (κ1) is 28.3. The molecule has 0 aromatic heterocycles. The van der Waals surface area contributed by atoms with Crippen molar-refractivity contribution in [3.8, 4) is 11.5 Å². The fraction of sp³-hybridized carbons (Fsp3) is 0.652. The summed E-state index contributed by atoms with van der Waals surface area (Å²) < 4.78 is 27.8. The van der Waals surface area contributed by atoms with E-state index in [0.29, 0.717) is 30.1 Å². The Labute approximate surface area is 194 Å². The van der Waals surface area contributed by atoms with E-state index in [1.54, 1.807) is 13.0 Å². The third-order valence-electron chi connectivity index (χ3n) is 4.90. The second-order valence-electron chi connectivity index (χ2n) is 10.2. The van der Waals surface area contributed by atoms with Crippen molar-refractivity contribution in [2.45, 2.75) is 64.7 Å². The van der Waals surface area contributed by atoms with Crippen LogP contribution in [0.25, 0.3) is 0 Å². The van der Waals surface area contributed by atoms with Gasteiger partial charge in [-0.2, -0.15) is 0 Å². The fourth-order valence-corrected chi connectivity index (χ4v) is 4.31. The minimum Gasteiger partial charge on any atom is -0.467 e. The van der Waals surface area contributed by atoms with Gasteiger partial charge >= 0.3 is 5.97 Å². The van der Waals surface area contributed by atoms with E-state index in [0.717, 1.165) is 18.4 Å². The van der Waals surface area contributed by atoms with Gasteiger partial charge in [0.25, 0.3) is 0 Å². The first-order valence-electron chi connectivity index (χ1n) is 11.0. The number of aldehydes is 1. The van der Waals surface area contributed by atoms with E-state index >= 15 is 0 Å². The van der Waals surface area contributed by atoms with Crippen LogP contribution in [-0.2, 0) is 25.4 Å². The highest BCUT2D eigenvalue weighted by atomic mass is 28.3. The Morgan fingerprint density at radius 3 is 1.84 bits per heavy atom. The van der Waals surface area contributed by atoms with Gasteiger partial charge in [0, 0.05) is 41.8 Å². The summed E-state index contributed by atoms with van der Waals surface area (Å²) in [6.45, 7) is 16.8. The minimum absolute atomic E-state index is 0.00971. The molecule has 32 heavy (non-hydrogen) atoms. The number of carbonyl (C=O) groups is 2. The topological polar surface area (TPSA) is 80.3 Å². The van der Waals surface area contributed by atoms with Gasteiger partial charge in [-0.1, -0.05) is 39.3 Å². The zero-order valence-corrected chi connectivity index (χ0v) is 23.0. The zero-order valence-electron chi connectivity index (χ0n) is 21.0. The molecular weight excluding hydrogens is 444 g/mol. The molecule has 0 saturated heterocycles. The lowest BCUT2D eigenvalue weighted by Crippen LogP contribution is -2.22. The highest BCUT2D eigenvalue weighted by Gasteiger charge is 2.24. The molecule has 0 unspecified atom stereocenters. The van der Waals surface area contributed by atoms with Crippen LogP contribution in [0.15, 0.2) is 6.07 Å². The Morgan fingerprint density at radius 2 is 1.41 bits per heavy atom. The maximum absolute atomic E-state index is 12.5. The predicted molar refractivity (Wildman–Crippen MR) is 131 cm³/mol. The lowest BCUT2D eigenvalue weighted by molar-refractivity contribution is -0.107. The summed E-state index contributed by atoms with van der Waals surface area (Å²) in [6.07, 6.45) is 0.786. The summed E-state index contributed by atoms with van der Waals surface area (Å²) in [6, 6.07) is 3.68. The molecule has 1 aromatic carbocycles. The number of hydrogen-bond donors (Lipinski definition) is 0. The van der Waals surface area contributed by atoms with Crippen LogP contribution in [0.2, 0.25) is 51.4 Å². The molecule has 0 heterocycles. The van der Waals surface area contributed by atoms with Crippen LogP contribution in [0.1, 0.15) is 21.5 Å². The molecule has 0 aliphatic rings. The number of rotatable bonds is 15. The van der Waals surface area contributed by atoms with Gasteiger partial charge in [0.15, 0.2) is 13.6 Å². The fourth-order valence-electron chi connectivity index (χ4n) is 2.80. The van der Waals surface area contributed by atoms with Crippen molar-refractivity contribution < 1.29 is 33.3 Å². The summed E-state index contributed by atoms with van der Waals surface area (Å²) in [7, 11) is -1.10.